The lowest BCUT2D eigenvalue weighted by Gasteiger charge is -2.18. The van der Waals surface area contributed by atoms with Crippen LogP contribution in [-0.4, -0.2) is 42.2 Å². The number of nitro benzene ring substituents is 1. The molecular weight excluding hydrogens is 432 g/mol. The van der Waals surface area contributed by atoms with E-state index in [1.807, 2.05) is 35.7 Å². The van der Waals surface area contributed by atoms with Gasteiger partial charge in [-0.3, -0.25) is 10.1 Å². The standard InChI is InChI=1S/C19H22N2O5S3/c1-3-20(4-2)29(24,25)16-9-10-18(17(13-16)21(22)23)26-15-7-5-14(6-8-15)19-27-11-12-28-19/h5-10,13,19H,3-4,11-12H2,1-2H3. The molecule has 0 atom stereocenters. The first-order chi connectivity index (χ1) is 13.9. The van der Waals surface area contributed by atoms with E-state index in [1.54, 1.807) is 26.0 Å². The van der Waals surface area contributed by atoms with Crippen molar-refractivity contribution in [3.05, 3.63) is 58.1 Å². The lowest BCUT2D eigenvalue weighted by molar-refractivity contribution is -0.385. The fourth-order valence-corrected chi connectivity index (χ4v) is 7.31. The molecule has 1 heterocycles. The molecule has 0 amide bonds. The van der Waals surface area contributed by atoms with Crippen molar-refractivity contribution >= 4 is 39.2 Å². The molecule has 1 saturated heterocycles. The molecule has 1 aliphatic heterocycles. The molecule has 10 heteroatoms. The Morgan fingerprint density at radius 3 is 2.28 bits per heavy atom. The monoisotopic (exact) mass is 454 g/mol. The van der Waals surface area contributed by atoms with Crippen LogP contribution >= 0.6 is 23.5 Å². The number of hydrogen-bond donors (Lipinski definition) is 0. The number of nitro groups is 1. The molecule has 0 bridgehead atoms. The highest BCUT2D eigenvalue weighted by Gasteiger charge is 2.26. The van der Waals surface area contributed by atoms with Crippen LogP contribution in [0.15, 0.2) is 47.4 Å². The number of thioether (sulfide) groups is 2. The SMILES string of the molecule is CCN(CC)S(=O)(=O)c1ccc(Oc2ccc(C3SCCS3)cc2)c([N+](=O)[O-])c1. The Kier molecular flexibility index (Phi) is 7.10. The quantitative estimate of drug-likeness (QED) is 0.414. The van der Waals surface area contributed by atoms with Gasteiger partial charge in [0.15, 0.2) is 0 Å². The van der Waals surface area contributed by atoms with E-state index in [2.05, 4.69) is 0 Å². The van der Waals surface area contributed by atoms with Crippen molar-refractivity contribution in [1.82, 2.24) is 4.31 Å². The number of ether oxygens (including phenoxy) is 1. The zero-order valence-electron chi connectivity index (χ0n) is 16.1. The molecule has 0 radical (unpaired) electrons. The fraction of sp³-hybridized carbons (Fsp3) is 0.368. The van der Waals surface area contributed by atoms with Crippen LogP contribution in [-0.2, 0) is 10.0 Å². The fourth-order valence-electron chi connectivity index (χ4n) is 2.97. The molecule has 1 aliphatic rings. The summed E-state index contributed by atoms with van der Waals surface area (Å²) in [5.74, 6) is 2.72. The van der Waals surface area contributed by atoms with Crippen molar-refractivity contribution in [2.75, 3.05) is 24.6 Å². The summed E-state index contributed by atoms with van der Waals surface area (Å²) in [6.45, 7) is 4.02. The van der Waals surface area contributed by atoms with Crippen LogP contribution in [0.2, 0.25) is 0 Å². The predicted octanol–water partition coefficient (Wildman–Crippen LogP) is 4.90. The smallest absolute Gasteiger partial charge is 0.312 e. The third kappa shape index (κ3) is 4.88. The first kappa shape index (κ1) is 21.9. The summed E-state index contributed by atoms with van der Waals surface area (Å²) in [5, 5.41) is 11.5. The van der Waals surface area contributed by atoms with Crippen LogP contribution in [0, 0.1) is 10.1 Å². The number of sulfonamides is 1. The van der Waals surface area contributed by atoms with E-state index in [9.17, 15) is 18.5 Å². The maximum absolute atomic E-state index is 12.7. The van der Waals surface area contributed by atoms with Gasteiger partial charge in [-0.15, -0.1) is 23.5 Å². The first-order valence-electron chi connectivity index (χ1n) is 9.16. The normalized spacial score (nSPS) is 15.0. The summed E-state index contributed by atoms with van der Waals surface area (Å²) in [4.78, 5) is 10.8. The summed E-state index contributed by atoms with van der Waals surface area (Å²) < 4.78 is 32.7. The van der Waals surface area contributed by atoms with E-state index in [1.165, 1.54) is 22.0 Å². The van der Waals surface area contributed by atoms with E-state index < -0.39 is 14.9 Å². The van der Waals surface area contributed by atoms with Crippen LogP contribution in [0.25, 0.3) is 0 Å². The molecule has 29 heavy (non-hydrogen) atoms. The maximum atomic E-state index is 12.7. The average Bonchev–Trinajstić information content (AvgIpc) is 3.24. The van der Waals surface area contributed by atoms with Crippen LogP contribution in [0.1, 0.15) is 24.0 Å². The highest BCUT2D eigenvalue weighted by atomic mass is 32.2. The van der Waals surface area contributed by atoms with Gasteiger partial charge in [0, 0.05) is 30.7 Å². The second kappa shape index (κ2) is 9.38. The van der Waals surface area contributed by atoms with E-state index in [0.717, 1.165) is 17.6 Å². The molecule has 0 aliphatic carbocycles. The molecule has 1 fully saturated rings. The molecule has 156 valence electrons. The Bertz CT molecular complexity index is 970. The summed E-state index contributed by atoms with van der Waals surface area (Å²) in [6, 6.07) is 11.2. The Balaban J connectivity index is 1.87. The third-order valence-corrected chi connectivity index (χ3v) is 9.62. The zero-order chi connectivity index (χ0) is 21.0. The lowest BCUT2D eigenvalue weighted by Crippen LogP contribution is -2.30. The van der Waals surface area contributed by atoms with Gasteiger partial charge in [-0.2, -0.15) is 4.31 Å². The van der Waals surface area contributed by atoms with Crippen molar-refractivity contribution in [1.29, 1.82) is 0 Å². The van der Waals surface area contributed by atoms with E-state index in [-0.39, 0.29) is 29.4 Å². The minimum Gasteiger partial charge on any atom is -0.450 e. The molecule has 0 aromatic heterocycles. The van der Waals surface area contributed by atoms with Crippen molar-refractivity contribution < 1.29 is 18.1 Å². The molecule has 2 aromatic rings. The summed E-state index contributed by atoms with van der Waals surface area (Å²) in [7, 11) is -3.79. The van der Waals surface area contributed by atoms with Gasteiger partial charge in [0.25, 0.3) is 0 Å². The van der Waals surface area contributed by atoms with Crippen molar-refractivity contribution in [2.45, 2.75) is 23.3 Å². The summed E-state index contributed by atoms with van der Waals surface area (Å²) in [6.07, 6.45) is 0. The van der Waals surface area contributed by atoms with E-state index >= 15 is 0 Å². The number of hydrogen-bond acceptors (Lipinski definition) is 7. The zero-order valence-corrected chi connectivity index (χ0v) is 18.6. The summed E-state index contributed by atoms with van der Waals surface area (Å²) >= 11 is 3.79. The highest BCUT2D eigenvalue weighted by Crippen LogP contribution is 2.45. The van der Waals surface area contributed by atoms with E-state index in [0.29, 0.717) is 10.3 Å². The molecule has 0 saturated carbocycles. The minimum absolute atomic E-state index is 0.00543. The largest absolute Gasteiger partial charge is 0.450 e. The molecule has 0 spiro atoms. The molecule has 0 N–H and O–H groups in total. The first-order valence-corrected chi connectivity index (χ1v) is 12.7. The Labute approximate surface area is 179 Å². The second-order valence-electron chi connectivity index (χ2n) is 6.22. The van der Waals surface area contributed by atoms with Crippen LogP contribution in [0.3, 0.4) is 0 Å². The predicted molar refractivity (Wildman–Crippen MR) is 117 cm³/mol. The number of nitrogens with zero attached hydrogens (tertiary/aromatic N) is 2. The van der Waals surface area contributed by atoms with Crippen molar-refractivity contribution in [3.63, 3.8) is 0 Å². The van der Waals surface area contributed by atoms with Gasteiger partial charge in [0.2, 0.25) is 15.8 Å². The third-order valence-electron chi connectivity index (χ3n) is 4.47. The topological polar surface area (TPSA) is 89.8 Å². The summed E-state index contributed by atoms with van der Waals surface area (Å²) in [5.41, 5.74) is 0.796. The molecule has 2 aromatic carbocycles. The van der Waals surface area contributed by atoms with Gasteiger partial charge in [0.05, 0.1) is 14.4 Å². The molecule has 3 rings (SSSR count). The van der Waals surface area contributed by atoms with Gasteiger partial charge < -0.3 is 4.74 Å². The number of benzene rings is 2. The Morgan fingerprint density at radius 1 is 1.10 bits per heavy atom. The van der Waals surface area contributed by atoms with Gasteiger partial charge in [-0.25, -0.2) is 8.42 Å². The maximum Gasteiger partial charge on any atom is 0.312 e. The molecular formula is C19H22N2O5S3. The molecule has 0 unspecified atom stereocenters. The van der Waals surface area contributed by atoms with Crippen LogP contribution in [0.4, 0.5) is 5.69 Å². The minimum atomic E-state index is -3.79. The lowest BCUT2D eigenvalue weighted by atomic mass is 10.2. The van der Waals surface area contributed by atoms with Gasteiger partial charge >= 0.3 is 5.69 Å². The highest BCUT2D eigenvalue weighted by molar-refractivity contribution is 8.19. The van der Waals surface area contributed by atoms with Crippen LogP contribution in [0.5, 0.6) is 11.5 Å². The Hall–Kier alpha value is -1.75. The van der Waals surface area contributed by atoms with Crippen molar-refractivity contribution in [2.24, 2.45) is 0 Å². The van der Waals surface area contributed by atoms with E-state index in [4.69, 9.17) is 4.74 Å². The average molecular weight is 455 g/mol. The van der Waals surface area contributed by atoms with Gasteiger partial charge in [0.1, 0.15) is 5.75 Å². The number of rotatable bonds is 8. The second-order valence-corrected chi connectivity index (χ2v) is 10.9. The van der Waals surface area contributed by atoms with Crippen LogP contribution < -0.4 is 4.74 Å². The Morgan fingerprint density at radius 2 is 1.72 bits per heavy atom. The van der Waals surface area contributed by atoms with Gasteiger partial charge in [-0.1, -0.05) is 26.0 Å². The molecule has 7 nitrogen and oxygen atoms in total. The van der Waals surface area contributed by atoms with Gasteiger partial charge in [-0.05, 0) is 29.8 Å². The van der Waals surface area contributed by atoms with Crippen molar-refractivity contribution in [3.8, 4) is 11.5 Å².